The van der Waals surface area contributed by atoms with Gasteiger partial charge < -0.3 is 4.74 Å². The molecule has 1 aliphatic heterocycles. The van der Waals surface area contributed by atoms with Gasteiger partial charge in [-0.05, 0) is 6.92 Å². The zero-order valence-electron chi connectivity index (χ0n) is 10.2. The first-order chi connectivity index (χ1) is 9.35. The van der Waals surface area contributed by atoms with E-state index in [-0.39, 0.29) is 6.92 Å². The van der Waals surface area contributed by atoms with Gasteiger partial charge in [0.05, 0.1) is 6.10 Å². The average molecular weight is 358 g/mol. The van der Waals surface area contributed by atoms with Crippen molar-refractivity contribution in [2.24, 2.45) is 5.41 Å². The van der Waals surface area contributed by atoms with Crippen LogP contribution in [0.3, 0.4) is 0 Å². The summed E-state index contributed by atoms with van der Waals surface area (Å²) in [5.74, 6) is 0. The first-order valence-corrected chi connectivity index (χ1v) is 5.30. The Morgan fingerprint density at radius 2 is 1.00 bits per heavy atom. The summed E-state index contributed by atoms with van der Waals surface area (Å²) in [5, 5.41) is 0. The molecule has 1 rings (SSSR count). The summed E-state index contributed by atoms with van der Waals surface area (Å²) in [6.07, 6.45) is -32.9. The molecule has 1 fully saturated rings. The van der Waals surface area contributed by atoms with E-state index in [1.54, 1.807) is 0 Å². The third-order valence-electron chi connectivity index (χ3n) is 3.34. The van der Waals surface area contributed by atoms with E-state index in [1.165, 1.54) is 0 Å². The minimum Gasteiger partial charge on any atom is -0.354 e. The summed E-state index contributed by atoms with van der Waals surface area (Å²) >= 11 is 0. The molecule has 0 spiro atoms. The van der Waals surface area contributed by atoms with Crippen molar-refractivity contribution in [3.05, 3.63) is 0 Å². The maximum atomic E-state index is 12.8. The van der Waals surface area contributed by atoms with Crippen molar-refractivity contribution < 1.29 is 57.4 Å². The van der Waals surface area contributed by atoms with Crippen LogP contribution in [0.1, 0.15) is 13.3 Å². The van der Waals surface area contributed by atoms with Crippen LogP contribution in [-0.4, -0.2) is 36.4 Å². The van der Waals surface area contributed by atoms with Gasteiger partial charge >= 0.3 is 24.7 Å². The maximum absolute atomic E-state index is 12.8. The zero-order valence-corrected chi connectivity index (χ0v) is 10.2. The van der Waals surface area contributed by atoms with Crippen LogP contribution in [0.5, 0.6) is 0 Å². The van der Waals surface area contributed by atoms with E-state index in [2.05, 4.69) is 4.74 Å². The highest BCUT2D eigenvalue weighted by Gasteiger charge is 2.96. The zero-order chi connectivity index (χ0) is 18.0. The molecule has 13 heteroatoms. The summed E-state index contributed by atoms with van der Waals surface area (Å²) < 4.78 is 157. The smallest absolute Gasteiger partial charge is 0.354 e. The van der Waals surface area contributed by atoms with Crippen LogP contribution >= 0.6 is 0 Å². The highest BCUT2D eigenvalue weighted by Crippen LogP contribution is 2.71. The quantitative estimate of drug-likeness (QED) is 0.567. The first kappa shape index (κ1) is 19.2. The van der Waals surface area contributed by atoms with Gasteiger partial charge in [-0.2, -0.15) is 52.7 Å². The van der Waals surface area contributed by atoms with Crippen LogP contribution in [0.15, 0.2) is 0 Å². The molecule has 0 aromatic heterocycles. The van der Waals surface area contributed by atoms with Crippen molar-refractivity contribution in [1.29, 1.82) is 0 Å². The molecule has 0 aromatic rings. The molecule has 0 amide bonds. The minimum atomic E-state index is -7.00. The molecular formula is C9H6F12O. The van der Waals surface area contributed by atoms with Gasteiger partial charge in [0.15, 0.2) is 0 Å². The highest BCUT2D eigenvalue weighted by atomic mass is 19.4. The van der Waals surface area contributed by atoms with Crippen molar-refractivity contribution in [3.63, 3.8) is 0 Å². The second-order valence-corrected chi connectivity index (χ2v) is 4.71. The number of hydrogen-bond donors (Lipinski definition) is 0. The molecule has 0 radical (unpaired) electrons. The number of hydrogen-bond acceptors (Lipinski definition) is 1. The third-order valence-corrected chi connectivity index (χ3v) is 3.34. The molecule has 0 saturated carbocycles. The Morgan fingerprint density at radius 3 is 1.18 bits per heavy atom. The molecule has 1 saturated heterocycles. The normalized spacial score (nSPS) is 26.3. The Kier molecular flexibility index (Phi) is 3.98. The lowest BCUT2D eigenvalue weighted by Crippen LogP contribution is -2.74. The molecule has 1 aliphatic rings. The number of ether oxygens (including phenoxy) is 1. The van der Waals surface area contributed by atoms with Crippen LogP contribution in [0.2, 0.25) is 0 Å². The monoisotopic (exact) mass is 358 g/mol. The number of alkyl halides is 12. The average Bonchev–Trinajstić information content (AvgIpc) is 2.49. The Morgan fingerprint density at radius 1 is 0.682 bits per heavy atom. The van der Waals surface area contributed by atoms with Crippen molar-refractivity contribution in [2.45, 2.75) is 49.8 Å². The van der Waals surface area contributed by atoms with Gasteiger partial charge in [0.2, 0.25) is 5.41 Å². The maximum Gasteiger partial charge on any atom is 0.427 e. The molecule has 132 valence electrons. The van der Waals surface area contributed by atoms with Gasteiger partial charge in [0, 0.05) is 6.42 Å². The Labute approximate surface area is 114 Å². The van der Waals surface area contributed by atoms with Crippen LogP contribution in [-0.2, 0) is 4.74 Å². The van der Waals surface area contributed by atoms with E-state index in [1.807, 2.05) is 0 Å². The summed E-state index contributed by atoms with van der Waals surface area (Å²) in [7, 11) is 0. The summed E-state index contributed by atoms with van der Waals surface area (Å²) in [6, 6.07) is 0. The van der Waals surface area contributed by atoms with Crippen LogP contribution < -0.4 is 0 Å². The second kappa shape index (κ2) is 4.57. The summed E-state index contributed by atoms with van der Waals surface area (Å²) in [6.45, 7) is 0.269. The highest BCUT2D eigenvalue weighted by molar-refractivity contribution is 5.20. The first-order valence-electron chi connectivity index (χ1n) is 5.30. The van der Waals surface area contributed by atoms with E-state index < -0.39 is 48.2 Å². The van der Waals surface area contributed by atoms with Crippen molar-refractivity contribution in [1.82, 2.24) is 0 Å². The van der Waals surface area contributed by atoms with Gasteiger partial charge in [-0.1, -0.05) is 0 Å². The number of rotatable bonds is 0. The van der Waals surface area contributed by atoms with E-state index in [4.69, 9.17) is 0 Å². The second-order valence-electron chi connectivity index (χ2n) is 4.71. The van der Waals surface area contributed by atoms with Gasteiger partial charge in [0.1, 0.15) is 0 Å². The Bertz CT molecular complexity index is 356. The van der Waals surface area contributed by atoms with Crippen molar-refractivity contribution in [3.8, 4) is 0 Å². The fourth-order valence-electron chi connectivity index (χ4n) is 2.59. The van der Waals surface area contributed by atoms with E-state index >= 15 is 0 Å². The Balaban J connectivity index is 3.95. The summed E-state index contributed by atoms with van der Waals surface area (Å²) in [4.78, 5) is 0. The standard InChI is InChI=1S/C9H6F12O/c1-3-2-4(6(10,11)12,7(13,14)15)5(22-3,8(16,17)18)9(19,20)21/h3H,2H2,1H3. The molecule has 0 bridgehead atoms. The largest absolute Gasteiger partial charge is 0.427 e. The van der Waals surface area contributed by atoms with Crippen molar-refractivity contribution >= 4 is 0 Å². The van der Waals surface area contributed by atoms with E-state index in [9.17, 15) is 52.7 Å². The van der Waals surface area contributed by atoms with Crippen LogP contribution in [0, 0.1) is 5.41 Å². The van der Waals surface area contributed by atoms with Gasteiger partial charge in [-0.15, -0.1) is 0 Å². The topological polar surface area (TPSA) is 9.23 Å². The lowest BCUT2D eigenvalue weighted by molar-refractivity contribution is -0.470. The minimum absolute atomic E-state index is 0.269. The molecule has 0 N–H and O–H groups in total. The molecule has 1 nitrogen and oxygen atoms in total. The van der Waals surface area contributed by atoms with Gasteiger partial charge in [0.25, 0.3) is 5.60 Å². The predicted molar refractivity (Wildman–Crippen MR) is 44.5 cm³/mol. The summed E-state index contributed by atoms with van der Waals surface area (Å²) in [5.41, 5.74) is -12.6. The Hall–Kier alpha value is -0.880. The van der Waals surface area contributed by atoms with Gasteiger partial charge in [-0.3, -0.25) is 0 Å². The lowest BCUT2D eigenvalue weighted by atomic mass is 9.68. The van der Waals surface area contributed by atoms with E-state index in [0.717, 1.165) is 0 Å². The molecule has 1 atom stereocenters. The third kappa shape index (κ3) is 2.14. The molecule has 0 aromatic carbocycles. The molecule has 1 heterocycles. The van der Waals surface area contributed by atoms with Crippen LogP contribution in [0.4, 0.5) is 52.7 Å². The number of halogens is 12. The fraction of sp³-hybridized carbons (Fsp3) is 1.00. The molecule has 22 heavy (non-hydrogen) atoms. The predicted octanol–water partition coefficient (Wildman–Crippen LogP) is 4.77. The fourth-order valence-corrected chi connectivity index (χ4v) is 2.59. The molecular weight excluding hydrogens is 352 g/mol. The SMILES string of the molecule is CC1CC(C(F)(F)F)(C(F)(F)F)C(C(F)(F)F)(C(F)(F)F)O1. The lowest BCUT2D eigenvalue weighted by Gasteiger charge is -2.46. The van der Waals surface area contributed by atoms with Crippen molar-refractivity contribution in [2.75, 3.05) is 0 Å². The molecule has 0 aliphatic carbocycles. The van der Waals surface area contributed by atoms with E-state index in [0.29, 0.717) is 0 Å². The van der Waals surface area contributed by atoms with Gasteiger partial charge in [-0.25, -0.2) is 0 Å². The molecule has 1 unspecified atom stereocenters. The van der Waals surface area contributed by atoms with Crippen LogP contribution in [0.25, 0.3) is 0 Å².